The van der Waals surface area contributed by atoms with E-state index < -0.39 is 0 Å². The number of rotatable bonds is 2. The molecule has 0 amide bonds. The molecule has 2 bridgehead atoms. The first-order chi connectivity index (χ1) is 9.17. The number of hydrogen-bond acceptors (Lipinski definition) is 3. The molecular weight excluding hydrogens is 258 g/mol. The maximum absolute atomic E-state index is 8.85. The highest BCUT2D eigenvalue weighted by molar-refractivity contribution is 6.33. The Labute approximate surface area is 119 Å². The molecular formula is C15H18ClN3. The van der Waals surface area contributed by atoms with Gasteiger partial charge < -0.3 is 10.2 Å². The monoisotopic (exact) mass is 275 g/mol. The second-order valence-corrected chi connectivity index (χ2v) is 6.08. The SMILES string of the molecule is CN1C2CCC1CC(Nc1ccc(C#N)cc1Cl)C2. The Hall–Kier alpha value is -1.24. The highest BCUT2D eigenvalue weighted by Crippen LogP contribution is 2.36. The number of piperidine rings is 1. The van der Waals surface area contributed by atoms with E-state index in [4.69, 9.17) is 16.9 Å². The predicted molar refractivity (Wildman–Crippen MR) is 77.4 cm³/mol. The molecule has 0 aliphatic carbocycles. The number of nitrogens with one attached hydrogen (secondary N) is 1. The van der Waals surface area contributed by atoms with Crippen molar-refractivity contribution >= 4 is 17.3 Å². The molecule has 3 nitrogen and oxygen atoms in total. The van der Waals surface area contributed by atoms with Gasteiger partial charge in [-0.2, -0.15) is 5.26 Å². The third-order valence-electron chi connectivity index (χ3n) is 4.56. The van der Waals surface area contributed by atoms with Crippen molar-refractivity contribution in [2.45, 2.75) is 43.8 Å². The summed E-state index contributed by atoms with van der Waals surface area (Å²) < 4.78 is 0. The Morgan fingerprint density at radius 2 is 2.00 bits per heavy atom. The largest absolute Gasteiger partial charge is 0.381 e. The third-order valence-corrected chi connectivity index (χ3v) is 4.87. The molecule has 4 heteroatoms. The van der Waals surface area contributed by atoms with Gasteiger partial charge in [-0.3, -0.25) is 0 Å². The number of fused-ring (bicyclic) bond motifs is 2. The molecule has 2 heterocycles. The number of nitriles is 1. The average molecular weight is 276 g/mol. The van der Waals surface area contributed by atoms with E-state index in [0.717, 1.165) is 5.69 Å². The van der Waals surface area contributed by atoms with Crippen molar-refractivity contribution in [2.24, 2.45) is 0 Å². The zero-order valence-corrected chi connectivity index (χ0v) is 11.8. The van der Waals surface area contributed by atoms with Crippen LogP contribution in [0.1, 0.15) is 31.2 Å². The molecule has 0 spiro atoms. The lowest BCUT2D eigenvalue weighted by Crippen LogP contribution is -2.44. The summed E-state index contributed by atoms with van der Waals surface area (Å²) in [4.78, 5) is 2.53. The Kier molecular flexibility index (Phi) is 3.38. The van der Waals surface area contributed by atoms with Crippen LogP contribution in [0.25, 0.3) is 0 Å². The number of hydrogen-bond donors (Lipinski definition) is 1. The van der Waals surface area contributed by atoms with E-state index in [0.29, 0.717) is 28.7 Å². The van der Waals surface area contributed by atoms with E-state index >= 15 is 0 Å². The van der Waals surface area contributed by atoms with Gasteiger partial charge in [0.2, 0.25) is 0 Å². The first kappa shape index (κ1) is 12.8. The molecule has 0 radical (unpaired) electrons. The van der Waals surface area contributed by atoms with E-state index in [-0.39, 0.29) is 0 Å². The molecule has 2 atom stereocenters. The molecule has 2 saturated heterocycles. The minimum absolute atomic E-state index is 0.499. The smallest absolute Gasteiger partial charge is 0.0992 e. The van der Waals surface area contributed by atoms with Crippen molar-refractivity contribution in [3.05, 3.63) is 28.8 Å². The molecule has 1 aromatic carbocycles. The van der Waals surface area contributed by atoms with Crippen LogP contribution in [-0.4, -0.2) is 30.1 Å². The normalized spacial score (nSPS) is 30.1. The summed E-state index contributed by atoms with van der Waals surface area (Å²) in [7, 11) is 2.24. The Bertz CT molecular complexity index is 509. The van der Waals surface area contributed by atoms with Gasteiger partial charge in [0, 0.05) is 18.1 Å². The lowest BCUT2D eigenvalue weighted by Gasteiger charge is -2.37. The minimum atomic E-state index is 0.499. The molecule has 0 saturated carbocycles. The summed E-state index contributed by atoms with van der Waals surface area (Å²) in [5.41, 5.74) is 1.56. The van der Waals surface area contributed by atoms with E-state index in [2.05, 4.69) is 23.3 Å². The zero-order chi connectivity index (χ0) is 13.4. The summed E-state index contributed by atoms with van der Waals surface area (Å²) >= 11 is 6.22. The molecule has 2 fully saturated rings. The Morgan fingerprint density at radius 3 is 2.58 bits per heavy atom. The van der Waals surface area contributed by atoms with Crippen LogP contribution in [0.5, 0.6) is 0 Å². The van der Waals surface area contributed by atoms with Crippen molar-refractivity contribution in [1.82, 2.24) is 4.90 Å². The van der Waals surface area contributed by atoms with Gasteiger partial charge >= 0.3 is 0 Å². The fourth-order valence-electron chi connectivity index (χ4n) is 3.45. The molecule has 19 heavy (non-hydrogen) atoms. The van der Waals surface area contributed by atoms with Crippen molar-refractivity contribution in [1.29, 1.82) is 5.26 Å². The lowest BCUT2D eigenvalue weighted by atomic mass is 9.97. The van der Waals surface area contributed by atoms with E-state index in [1.807, 2.05) is 12.1 Å². The van der Waals surface area contributed by atoms with Gasteiger partial charge in [-0.05, 0) is 50.9 Å². The molecule has 2 unspecified atom stereocenters. The Balaban J connectivity index is 1.71. The number of halogens is 1. The average Bonchev–Trinajstić information content (AvgIpc) is 2.64. The molecule has 0 aromatic heterocycles. The molecule has 100 valence electrons. The summed E-state index contributed by atoms with van der Waals surface area (Å²) in [5, 5.41) is 13.0. The Morgan fingerprint density at radius 1 is 1.32 bits per heavy atom. The van der Waals surface area contributed by atoms with Crippen LogP contribution >= 0.6 is 11.6 Å². The molecule has 1 N–H and O–H groups in total. The van der Waals surface area contributed by atoms with Crippen molar-refractivity contribution < 1.29 is 0 Å². The quantitative estimate of drug-likeness (QED) is 0.901. The van der Waals surface area contributed by atoms with Crippen LogP contribution in [0, 0.1) is 11.3 Å². The van der Waals surface area contributed by atoms with Gasteiger partial charge in [0.25, 0.3) is 0 Å². The number of benzene rings is 1. The standard InChI is InChI=1S/C15H18ClN3/c1-19-12-3-4-13(19)8-11(7-12)18-15-5-2-10(9-17)6-14(15)16/h2,5-6,11-13,18H,3-4,7-8H2,1H3. The molecule has 3 rings (SSSR count). The lowest BCUT2D eigenvalue weighted by molar-refractivity contribution is 0.169. The van der Waals surface area contributed by atoms with Gasteiger partial charge in [0.1, 0.15) is 0 Å². The third kappa shape index (κ3) is 2.43. The topological polar surface area (TPSA) is 39.1 Å². The second kappa shape index (κ2) is 5.03. The van der Waals surface area contributed by atoms with Gasteiger partial charge in [-0.1, -0.05) is 11.6 Å². The van der Waals surface area contributed by atoms with Gasteiger partial charge in [-0.15, -0.1) is 0 Å². The first-order valence-corrected chi connectivity index (χ1v) is 7.23. The first-order valence-electron chi connectivity index (χ1n) is 6.85. The van der Waals surface area contributed by atoms with Crippen molar-refractivity contribution in [3.8, 4) is 6.07 Å². The van der Waals surface area contributed by atoms with Gasteiger partial charge in [-0.25, -0.2) is 0 Å². The maximum atomic E-state index is 8.85. The fraction of sp³-hybridized carbons (Fsp3) is 0.533. The minimum Gasteiger partial charge on any atom is -0.381 e. The van der Waals surface area contributed by atoms with Crippen molar-refractivity contribution in [2.75, 3.05) is 12.4 Å². The van der Waals surface area contributed by atoms with Crippen LogP contribution < -0.4 is 5.32 Å². The zero-order valence-electron chi connectivity index (χ0n) is 11.1. The molecule has 2 aliphatic heterocycles. The summed E-state index contributed by atoms with van der Waals surface area (Å²) in [5.74, 6) is 0. The van der Waals surface area contributed by atoms with Crippen molar-refractivity contribution in [3.63, 3.8) is 0 Å². The maximum Gasteiger partial charge on any atom is 0.0992 e. The van der Waals surface area contributed by atoms with Crippen LogP contribution in [0.15, 0.2) is 18.2 Å². The van der Waals surface area contributed by atoms with Gasteiger partial charge in [0.15, 0.2) is 0 Å². The number of anilines is 1. The summed E-state index contributed by atoms with van der Waals surface area (Å²) in [6.45, 7) is 0. The van der Waals surface area contributed by atoms with E-state index in [1.165, 1.54) is 25.7 Å². The van der Waals surface area contributed by atoms with Crippen LogP contribution in [0.2, 0.25) is 5.02 Å². The second-order valence-electron chi connectivity index (χ2n) is 5.67. The molecule has 1 aromatic rings. The van der Waals surface area contributed by atoms with Crippen LogP contribution in [0.4, 0.5) is 5.69 Å². The molecule has 2 aliphatic rings. The summed E-state index contributed by atoms with van der Waals surface area (Å²) in [6, 6.07) is 9.51. The van der Waals surface area contributed by atoms with Crippen LogP contribution in [-0.2, 0) is 0 Å². The number of nitrogens with zero attached hydrogens (tertiary/aromatic N) is 2. The predicted octanol–water partition coefficient (Wildman–Crippen LogP) is 3.25. The highest BCUT2D eigenvalue weighted by atomic mass is 35.5. The summed E-state index contributed by atoms with van der Waals surface area (Å²) in [6.07, 6.45) is 5.01. The fourth-order valence-corrected chi connectivity index (χ4v) is 3.69. The van der Waals surface area contributed by atoms with E-state index in [1.54, 1.807) is 6.07 Å². The highest BCUT2D eigenvalue weighted by Gasteiger charge is 2.38. The van der Waals surface area contributed by atoms with Crippen LogP contribution in [0.3, 0.4) is 0 Å². The van der Waals surface area contributed by atoms with Gasteiger partial charge in [0.05, 0.1) is 22.3 Å². The van der Waals surface area contributed by atoms with E-state index in [9.17, 15) is 0 Å².